The molecule has 98 valence electrons. The molecule has 0 fully saturated rings. The Kier molecular flexibility index (Phi) is 4.49. The van der Waals surface area contributed by atoms with E-state index in [-0.39, 0.29) is 11.9 Å². The molecule has 18 heavy (non-hydrogen) atoms. The number of thiazole rings is 1. The highest BCUT2D eigenvalue weighted by molar-refractivity contribution is 7.22. The number of nitrogens with zero attached hydrogens (tertiary/aromatic N) is 1. The van der Waals surface area contributed by atoms with E-state index in [1.807, 2.05) is 0 Å². The first-order chi connectivity index (χ1) is 8.72. The molecular weight excluding hydrogens is 251 g/mol. The smallest absolute Gasteiger partial charge is 0.184 e. The molecule has 3 nitrogen and oxygen atoms in total. The maximum absolute atomic E-state index is 13.1. The monoisotopic (exact) mass is 268 g/mol. The van der Waals surface area contributed by atoms with E-state index in [4.69, 9.17) is 4.74 Å². The fraction of sp³-hybridized carbons (Fsp3) is 0.462. The minimum Gasteiger partial charge on any atom is -0.383 e. The third kappa shape index (κ3) is 3.17. The van der Waals surface area contributed by atoms with Crippen molar-refractivity contribution >= 4 is 26.7 Å². The van der Waals surface area contributed by atoms with Crippen LogP contribution in [-0.4, -0.2) is 24.7 Å². The number of hydrogen-bond donors (Lipinski definition) is 1. The van der Waals surface area contributed by atoms with Crippen LogP contribution >= 0.6 is 11.3 Å². The van der Waals surface area contributed by atoms with Gasteiger partial charge < -0.3 is 10.1 Å². The molecular formula is C13H17FN2OS. The Balaban J connectivity index is 2.14. The Labute approximate surface area is 110 Å². The van der Waals surface area contributed by atoms with Gasteiger partial charge in [0.2, 0.25) is 0 Å². The Morgan fingerprint density at radius 3 is 3.06 bits per heavy atom. The fourth-order valence-corrected chi connectivity index (χ4v) is 2.85. The van der Waals surface area contributed by atoms with Crippen LogP contribution in [0.25, 0.3) is 10.2 Å². The van der Waals surface area contributed by atoms with E-state index < -0.39 is 0 Å². The van der Waals surface area contributed by atoms with Crippen molar-refractivity contribution in [3.63, 3.8) is 0 Å². The van der Waals surface area contributed by atoms with Crippen LogP contribution in [0.5, 0.6) is 0 Å². The number of ether oxygens (including phenoxy) is 1. The van der Waals surface area contributed by atoms with Crippen molar-refractivity contribution in [1.82, 2.24) is 4.98 Å². The first-order valence-electron chi connectivity index (χ1n) is 6.04. The third-order valence-corrected chi connectivity index (χ3v) is 3.63. The summed E-state index contributed by atoms with van der Waals surface area (Å²) in [5.74, 6) is -0.223. The normalized spacial score (nSPS) is 12.8. The van der Waals surface area contributed by atoms with Gasteiger partial charge in [0, 0.05) is 7.11 Å². The summed E-state index contributed by atoms with van der Waals surface area (Å²) in [5, 5.41) is 4.17. The van der Waals surface area contributed by atoms with Crippen molar-refractivity contribution < 1.29 is 9.13 Å². The summed E-state index contributed by atoms with van der Waals surface area (Å²) in [7, 11) is 1.69. The molecule has 1 N–H and O–H groups in total. The molecule has 0 bridgehead atoms. The van der Waals surface area contributed by atoms with Crippen molar-refractivity contribution in [3.8, 4) is 0 Å². The van der Waals surface area contributed by atoms with Gasteiger partial charge in [-0.2, -0.15) is 0 Å². The number of halogens is 1. The van der Waals surface area contributed by atoms with Crippen LogP contribution in [0, 0.1) is 5.82 Å². The summed E-state index contributed by atoms with van der Waals surface area (Å²) >= 11 is 1.47. The molecule has 1 aromatic carbocycles. The first kappa shape index (κ1) is 13.2. The lowest BCUT2D eigenvalue weighted by Crippen LogP contribution is -2.24. The van der Waals surface area contributed by atoms with Crippen molar-refractivity contribution in [2.75, 3.05) is 19.0 Å². The summed E-state index contributed by atoms with van der Waals surface area (Å²) in [5.41, 5.74) is 0.830. The summed E-state index contributed by atoms with van der Waals surface area (Å²) in [4.78, 5) is 4.44. The van der Waals surface area contributed by atoms with E-state index in [2.05, 4.69) is 17.2 Å². The predicted octanol–water partition coefficient (Wildman–Crippen LogP) is 3.66. The summed E-state index contributed by atoms with van der Waals surface area (Å²) in [6.45, 7) is 2.79. The molecule has 0 aliphatic rings. The Hall–Kier alpha value is -1.20. The van der Waals surface area contributed by atoms with Gasteiger partial charge in [0.1, 0.15) is 5.82 Å². The van der Waals surface area contributed by atoms with Crippen LogP contribution in [0.3, 0.4) is 0 Å². The molecule has 2 rings (SSSR count). The molecule has 0 saturated heterocycles. The van der Waals surface area contributed by atoms with Crippen LogP contribution in [0.2, 0.25) is 0 Å². The fourth-order valence-electron chi connectivity index (χ4n) is 1.88. The molecule has 1 unspecified atom stereocenters. The largest absolute Gasteiger partial charge is 0.383 e. The molecule has 0 aliphatic carbocycles. The number of benzene rings is 1. The van der Waals surface area contributed by atoms with E-state index in [0.29, 0.717) is 6.61 Å². The van der Waals surface area contributed by atoms with E-state index in [1.54, 1.807) is 13.2 Å². The van der Waals surface area contributed by atoms with Crippen molar-refractivity contribution in [2.45, 2.75) is 25.8 Å². The molecule has 1 atom stereocenters. The second kappa shape index (κ2) is 6.11. The SMILES string of the molecule is CCCC(COC)Nc1nc2ccc(F)cc2s1. The second-order valence-corrected chi connectivity index (χ2v) is 5.25. The van der Waals surface area contributed by atoms with Gasteiger partial charge in [-0.05, 0) is 24.6 Å². The minimum atomic E-state index is -0.223. The molecule has 5 heteroatoms. The van der Waals surface area contributed by atoms with Gasteiger partial charge in [0.05, 0.1) is 22.9 Å². The topological polar surface area (TPSA) is 34.1 Å². The second-order valence-electron chi connectivity index (χ2n) is 4.22. The Morgan fingerprint density at radius 2 is 2.33 bits per heavy atom. The predicted molar refractivity (Wildman–Crippen MR) is 73.8 cm³/mol. The maximum atomic E-state index is 13.1. The summed E-state index contributed by atoms with van der Waals surface area (Å²) in [6.07, 6.45) is 2.11. The van der Waals surface area contributed by atoms with Crippen LogP contribution in [-0.2, 0) is 4.74 Å². The number of fused-ring (bicyclic) bond motifs is 1. The average Bonchev–Trinajstić information content (AvgIpc) is 2.71. The van der Waals surface area contributed by atoms with E-state index in [0.717, 1.165) is 28.2 Å². The lowest BCUT2D eigenvalue weighted by Gasteiger charge is -2.15. The van der Waals surface area contributed by atoms with Crippen LogP contribution in [0.4, 0.5) is 9.52 Å². The van der Waals surface area contributed by atoms with Crippen molar-refractivity contribution in [2.24, 2.45) is 0 Å². The molecule has 0 spiro atoms. The molecule has 0 amide bonds. The van der Waals surface area contributed by atoms with Gasteiger partial charge in [-0.25, -0.2) is 9.37 Å². The van der Waals surface area contributed by atoms with Gasteiger partial charge in [-0.3, -0.25) is 0 Å². The molecule has 0 aliphatic heterocycles. The maximum Gasteiger partial charge on any atom is 0.184 e. The first-order valence-corrected chi connectivity index (χ1v) is 6.86. The zero-order valence-electron chi connectivity index (χ0n) is 10.6. The highest BCUT2D eigenvalue weighted by atomic mass is 32.1. The Bertz CT molecular complexity index is 509. The van der Waals surface area contributed by atoms with Gasteiger partial charge in [0.25, 0.3) is 0 Å². The number of methoxy groups -OCH3 is 1. The van der Waals surface area contributed by atoms with Crippen LogP contribution < -0.4 is 5.32 Å². The van der Waals surface area contributed by atoms with Gasteiger partial charge >= 0.3 is 0 Å². The van der Waals surface area contributed by atoms with E-state index in [9.17, 15) is 4.39 Å². The molecule has 2 aromatic rings. The van der Waals surface area contributed by atoms with Gasteiger partial charge in [-0.15, -0.1) is 0 Å². The third-order valence-electron chi connectivity index (χ3n) is 2.68. The molecule has 1 aromatic heterocycles. The van der Waals surface area contributed by atoms with Crippen molar-refractivity contribution in [3.05, 3.63) is 24.0 Å². The van der Waals surface area contributed by atoms with Crippen molar-refractivity contribution in [1.29, 1.82) is 0 Å². The van der Waals surface area contributed by atoms with Crippen LogP contribution in [0.1, 0.15) is 19.8 Å². The quantitative estimate of drug-likeness (QED) is 0.868. The lowest BCUT2D eigenvalue weighted by atomic mass is 10.2. The van der Waals surface area contributed by atoms with Gasteiger partial charge in [0.15, 0.2) is 5.13 Å². The number of rotatable bonds is 6. The number of anilines is 1. The zero-order chi connectivity index (χ0) is 13.0. The number of nitrogens with one attached hydrogen (secondary N) is 1. The standard InChI is InChI=1S/C13H17FN2OS/c1-3-4-10(8-17-2)15-13-16-11-6-5-9(14)7-12(11)18-13/h5-7,10H,3-4,8H2,1-2H3,(H,15,16). The summed E-state index contributed by atoms with van der Waals surface area (Å²) in [6, 6.07) is 4.91. The molecule has 1 heterocycles. The zero-order valence-corrected chi connectivity index (χ0v) is 11.4. The van der Waals surface area contributed by atoms with E-state index in [1.165, 1.54) is 23.5 Å². The van der Waals surface area contributed by atoms with Crippen LogP contribution in [0.15, 0.2) is 18.2 Å². The molecule has 0 saturated carbocycles. The van der Waals surface area contributed by atoms with E-state index >= 15 is 0 Å². The highest BCUT2D eigenvalue weighted by Gasteiger charge is 2.10. The highest BCUT2D eigenvalue weighted by Crippen LogP contribution is 2.27. The average molecular weight is 268 g/mol. The Morgan fingerprint density at radius 1 is 1.50 bits per heavy atom. The summed E-state index contributed by atoms with van der Waals surface area (Å²) < 4.78 is 19.1. The van der Waals surface area contributed by atoms with Gasteiger partial charge in [-0.1, -0.05) is 24.7 Å². The molecule has 0 radical (unpaired) electrons. The number of hydrogen-bond acceptors (Lipinski definition) is 4. The minimum absolute atomic E-state index is 0.223. The number of aromatic nitrogens is 1. The lowest BCUT2D eigenvalue weighted by molar-refractivity contribution is 0.182.